The Kier molecular flexibility index (Phi) is 7.38. The molecule has 0 radical (unpaired) electrons. The summed E-state index contributed by atoms with van der Waals surface area (Å²) in [6.07, 6.45) is 5.58. The van der Waals surface area contributed by atoms with Crippen molar-refractivity contribution in [3.05, 3.63) is 95.3 Å². The molecule has 3 aromatic carbocycles. The van der Waals surface area contributed by atoms with Crippen molar-refractivity contribution >= 4 is 28.3 Å². The lowest BCUT2D eigenvalue weighted by Gasteiger charge is -2.19. The molecule has 0 saturated heterocycles. The zero-order chi connectivity index (χ0) is 27.6. The van der Waals surface area contributed by atoms with Gasteiger partial charge in [-0.2, -0.15) is 0 Å². The maximum atomic E-state index is 13.2. The normalized spacial score (nSPS) is 13.9. The molecule has 1 aliphatic rings. The smallest absolute Gasteiger partial charge is 0.335 e. The molecule has 5 rings (SSSR count). The van der Waals surface area contributed by atoms with Crippen molar-refractivity contribution in [2.24, 2.45) is 5.92 Å². The van der Waals surface area contributed by atoms with Crippen LogP contribution in [0.4, 0.5) is 5.69 Å². The lowest BCUT2D eigenvalue weighted by molar-refractivity contribution is 0.0696. The third kappa shape index (κ3) is 6.28. The highest BCUT2D eigenvalue weighted by Crippen LogP contribution is 2.33. The number of ether oxygens (including phenoxy) is 1. The van der Waals surface area contributed by atoms with Gasteiger partial charge in [-0.15, -0.1) is 0 Å². The summed E-state index contributed by atoms with van der Waals surface area (Å²) in [5, 5.41) is 14.0. The molecular weight excluding hydrogens is 488 g/mol. The highest BCUT2D eigenvalue weighted by atomic mass is 16.5. The highest BCUT2D eigenvalue weighted by Gasteiger charge is 2.20. The van der Waals surface area contributed by atoms with Gasteiger partial charge >= 0.3 is 5.97 Å². The summed E-state index contributed by atoms with van der Waals surface area (Å²) in [6, 6.07) is 22.1. The number of benzene rings is 3. The summed E-state index contributed by atoms with van der Waals surface area (Å²) in [4.78, 5) is 29.3. The summed E-state index contributed by atoms with van der Waals surface area (Å²) >= 11 is 0. The number of aromatic carboxylic acids is 1. The van der Waals surface area contributed by atoms with E-state index in [1.807, 2.05) is 30.3 Å². The van der Waals surface area contributed by atoms with Crippen LogP contribution in [0.15, 0.2) is 72.8 Å². The van der Waals surface area contributed by atoms with Crippen LogP contribution in [-0.2, 0) is 11.8 Å². The molecule has 1 fully saturated rings. The molecule has 1 aliphatic carbocycles. The van der Waals surface area contributed by atoms with Gasteiger partial charge in [0.05, 0.1) is 5.56 Å². The first-order valence-corrected chi connectivity index (χ1v) is 13.5. The van der Waals surface area contributed by atoms with Crippen molar-refractivity contribution in [1.82, 2.24) is 4.98 Å². The molecule has 0 atom stereocenters. The molecule has 39 heavy (non-hydrogen) atoms. The number of carboxylic acid groups (broad SMARTS) is 1. The number of rotatable bonds is 7. The summed E-state index contributed by atoms with van der Waals surface area (Å²) in [7, 11) is 0. The number of amides is 1. The van der Waals surface area contributed by atoms with Crippen LogP contribution in [0.25, 0.3) is 10.8 Å². The molecule has 1 heterocycles. The highest BCUT2D eigenvalue weighted by molar-refractivity contribution is 6.05. The number of nitrogens with zero attached hydrogens (tertiary/aromatic N) is 1. The van der Waals surface area contributed by atoms with Crippen LogP contribution in [0.1, 0.15) is 78.6 Å². The predicted octanol–water partition coefficient (Wildman–Crippen LogP) is 8.01. The van der Waals surface area contributed by atoms with Gasteiger partial charge < -0.3 is 15.2 Å². The van der Waals surface area contributed by atoms with Crippen LogP contribution in [-0.4, -0.2) is 22.0 Å². The Balaban J connectivity index is 1.45. The Bertz CT molecular complexity index is 1510. The molecule has 4 aromatic rings. The van der Waals surface area contributed by atoms with Crippen LogP contribution < -0.4 is 10.1 Å². The molecule has 0 unspecified atom stereocenters. The van der Waals surface area contributed by atoms with Gasteiger partial charge in [-0.25, -0.2) is 9.78 Å². The van der Waals surface area contributed by atoms with E-state index < -0.39 is 5.97 Å². The van der Waals surface area contributed by atoms with Gasteiger partial charge in [-0.1, -0.05) is 70.7 Å². The first-order chi connectivity index (χ1) is 18.7. The average Bonchev–Trinajstić information content (AvgIpc) is 3.42. The van der Waals surface area contributed by atoms with Crippen LogP contribution in [0.2, 0.25) is 0 Å². The topological polar surface area (TPSA) is 88.5 Å². The van der Waals surface area contributed by atoms with Crippen LogP contribution >= 0.6 is 0 Å². The van der Waals surface area contributed by atoms with E-state index in [4.69, 9.17) is 9.72 Å². The fraction of sp³-hybridized carbons (Fsp3) is 0.303. The molecule has 0 bridgehead atoms. The summed E-state index contributed by atoms with van der Waals surface area (Å²) in [5.74, 6) is 0.625. The number of pyridine rings is 1. The first-order valence-electron chi connectivity index (χ1n) is 13.5. The molecule has 1 amide bonds. The molecular formula is C33H34N2O4. The Morgan fingerprint density at radius 3 is 2.36 bits per heavy atom. The van der Waals surface area contributed by atoms with Gasteiger partial charge in [0.2, 0.25) is 0 Å². The molecule has 0 spiro atoms. The van der Waals surface area contributed by atoms with Crippen molar-refractivity contribution in [3.63, 3.8) is 0 Å². The second-order valence-corrected chi connectivity index (χ2v) is 11.4. The summed E-state index contributed by atoms with van der Waals surface area (Å²) in [5.41, 5.74) is 3.05. The summed E-state index contributed by atoms with van der Waals surface area (Å²) < 4.78 is 6.21. The van der Waals surface area contributed by atoms with E-state index >= 15 is 0 Å². The largest absolute Gasteiger partial charge is 0.478 e. The van der Waals surface area contributed by atoms with Gasteiger partial charge in [0.15, 0.2) is 0 Å². The molecule has 6 heteroatoms. The number of carbonyl (C=O) groups excluding carboxylic acids is 1. The number of carboxylic acids is 1. The Hall–Kier alpha value is -4.19. The first kappa shape index (κ1) is 26.4. The maximum absolute atomic E-state index is 13.2. The predicted molar refractivity (Wildman–Crippen MR) is 154 cm³/mol. The van der Waals surface area contributed by atoms with Crippen molar-refractivity contribution in [1.29, 1.82) is 0 Å². The van der Waals surface area contributed by atoms with Crippen LogP contribution in [0.3, 0.4) is 0 Å². The Morgan fingerprint density at radius 1 is 0.949 bits per heavy atom. The number of hydrogen-bond donors (Lipinski definition) is 2. The lowest BCUT2D eigenvalue weighted by Crippen LogP contribution is -2.16. The van der Waals surface area contributed by atoms with Crippen molar-refractivity contribution in [3.8, 4) is 11.5 Å². The molecule has 0 aliphatic heterocycles. The number of anilines is 1. The van der Waals surface area contributed by atoms with E-state index in [1.54, 1.807) is 18.2 Å². The lowest BCUT2D eigenvalue weighted by atomic mass is 9.87. The maximum Gasteiger partial charge on any atom is 0.335 e. The standard InChI is InChI=1S/C33H34N2O4/c1-33(2,3)24-12-15-26(16-13-24)39-27-14-11-22-19-30(31(36)34-25-10-6-9-23(18-25)32(37)38)35-29(28(22)20-27)17-21-7-4-5-8-21/h6,9-16,18-21H,4-5,7-8,17H2,1-3H3,(H,34,36)(H,37,38). The fourth-order valence-electron chi connectivity index (χ4n) is 5.20. The van der Waals surface area contributed by atoms with Gasteiger partial charge in [0, 0.05) is 16.8 Å². The third-order valence-electron chi connectivity index (χ3n) is 7.40. The minimum absolute atomic E-state index is 0.0747. The molecule has 6 nitrogen and oxygen atoms in total. The van der Waals surface area contributed by atoms with Crippen molar-refractivity contribution in [2.75, 3.05) is 5.32 Å². The van der Waals surface area contributed by atoms with E-state index in [9.17, 15) is 14.7 Å². The SMILES string of the molecule is CC(C)(C)c1ccc(Oc2ccc3cc(C(=O)Nc4cccc(C(=O)O)c4)nc(CC4CCCC4)c3c2)cc1. The minimum atomic E-state index is -1.04. The monoisotopic (exact) mass is 522 g/mol. The van der Waals surface area contributed by atoms with E-state index in [1.165, 1.54) is 30.5 Å². The van der Waals surface area contributed by atoms with Crippen LogP contribution in [0, 0.1) is 5.92 Å². The fourth-order valence-corrected chi connectivity index (χ4v) is 5.20. The number of hydrogen-bond acceptors (Lipinski definition) is 4. The Labute approximate surface area is 229 Å². The number of fused-ring (bicyclic) bond motifs is 1. The molecule has 1 saturated carbocycles. The number of nitrogens with one attached hydrogen (secondary N) is 1. The zero-order valence-corrected chi connectivity index (χ0v) is 22.7. The van der Waals surface area contributed by atoms with Crippen molar-refractivity contribution < 1.29 is 19.4 Å². The second-order valence-electron chi connectivity index (χ2n) is 11.4. The number of aromatic nitrogens is 1. The van der Waals surface area contributed by atoms with Crippen LogP contribution in [0.5, 0.6) is 11.5 Å². The number of carbonyl (C=O) groups is 2. The second kappa shape index (κ2) is 10.9. The van der Waals surface area contributed by atoms with Gasteiger partial charge in [-0.3, -0.25) is 4.79 Å². The van der Waals surface area contributed by atoms with Gasteiger partial charge in [0.1, 0.15) is 17.2 Å². The van der Waals surface area contributed by atoms with Crippen molar-refractivity contribution in [2.45, 2.75) is 58.3 Å². The van der Waals surface area contributed by atoms with E-state index in [0.717, 1.165) is 47.2 Å². The van der Waals surface area contributed by atoms with E-state index in [-0.39, 0.29) is 16.9 Å². The van der Waals surface area contributed by atoms with E-state index in [2.05, 4.69) is 38.2 Å². The zero-order valence-electron chi connectivity index (χ0n) is 22.7. The summed E-state index contributed by atoms with van der Waals surface area (Å²) in [6.45, 7) is 6.56. The minimum Gasteiger partial charge on any atom is -0.478 e. The molecule has 1 aromatic heterocycles. The molecule has 2 N–H and O–H groups in total. The quantitative estimate of drug-likeness (QED) is 0.257. The van der Waals surface area contributed by atoms with Gasteiger partial charge in [0.25, 0.3) is 5.91 Å². The average molecular weight is 523 g/mol. The molecule has 200 valence electrons. The van der Waals surface area contributed by atoms with E-state index in [0.29, 0.717) is 17.3 Å². The van der Waals surface area contributed by atoms with Gasteiger partial charge in [-0.05, 0) is 77.2 Å². The Morgan fingerprint density at radius 2 is 1.67 bits per heavy atom. The third-order valence-corrected chi connectivity index (χ3v) is 7.40.